The predicted octanol–water partition coefficient (Wildman–Crippen LogP) is 2.16. The zero-order chi connectivity index (χ0) is 12.6. The normalized spacial score (nSPS) is 32.7. The maximum Gasteiger partial charge on any atom is 0.410 e. The van der Waals surface area contributed by atoms with Crippen molar-refractivity contribution in [3.8, 4) is 0 Å². The molecule has 0 aliphatic carbocycles. The van der Waals surface area contributed by atoms with Crippen LogP contribution in [0, 0.1) is 5.92 Å². The van der Waals surface area contributed by atoms with Gasteiger partial charge < -0.3 is 14.7 Å². The van der Waals surface area contributed by atoms with Gasteiger partial charge in [0, 0.05) is 24.6 Å². The Labute approximate surface area is 103 Å². The molecule has 2 aliphatic rings. The maximum absolute atomic E-state index is 12.2. The van der Waals surface area contributed by atoms with Crippen molar-refractivity contribution in [2.24, 2.45) is 5.92 Å². The quantitative estimate of drug-likeness (QED) is 0.765. The van der Waals surface area contributed by atoms with Crippen LogP contribution in [0.25, 0.3) is 0 Å². The van der Waals surface area contributed by atoms with Gasteiger partial charge in [-0.3, -0.25) is 0 Å². The molecular formula is C13H23NO3. The first kappa shape index (κ1) is 12.7. The molecule has 1 N–H and O–H groups in total. The Morgan fingerprint density at radius 1 is 1.29 bits per heavy atom. The van der Waals surface area contributed by atoms with Crippen LogP contribution in [-0.2, 0) is 4.74 Å². The summed E-state index contributed by atoms with van der Waals surface area (Å²) < 4.78 is 5.46. The number of amides is 1. The Morgan fingerprint density at radius 2 is 1.94 bits per heavy atom. The average Bonchev–Trinajstić information content (AvgIpc) is 2.52. The Bertz CT molecular complexity index is 298. The molecule has 98 valence electrons. The highest BCUT2D eigenvalue weighted by atomic mass is 16.6. The van der Waals surface area contributed by atoms with Gasteiger partial charge in [0.1, 0.15) is 5.60 Å². The number of nitrogens with zero attached hydrogens (tertiary/aromatic N) is 1. The van der Waals surface area contributed by atoms with E-state index in [1.54, 1.807) is 0 Å². The van der Waals surface area contributed by atoms with Crippen molar-refractivity contribution in [1.29, 1.82) is 0 Å². The van der Waals surface area contributed by atoms with Gasteiger partial charge in [-0.05, 0) is 46.5 Å². The number of aliphatic hydroxyl groups excluding tert-OH is 1. The zero-order valence-electron chi connectivity index (χ0n) is 11.0. The summed E-state index contributed by atoms with van der Waals surface area (Å²) in [4.78, 5) is 14.0. The van der Waals surface area contributed by atoms with Gasteiger partial charge >= 0.3 is 6.09 Å². The summed E-state index contributed by atoms with van der Waals surface area (Å²) in [5, 5.41) is 9.36. The SMILES string of the molecule is CC(C)(C)OC(=O)N1[C@H]2CC[C@@H](CO)[C@H]1CC2. The van der Waals surface area contributed by atoms with Crippen molar-refractivity contribution < 1.29 is 14.6 Å². The molecule has 2 bridgehead atoms. The molecule has 0 radical (unpaired) electrons. The van der Waals surface area contributed by atoms with E-state index in [2.05, 4.69) is 0 Å². The van der Waals surface area contributed by atoms with Crippen LogP contribution in [-0.4, -0.2) is 40.4 Å². The van der Waals surface area contributed by atoms with Gasteiger partial charge in [-0.15, -0.1) is 0 Å². The molecule has 17 heavy (non-hydrogen) atoms. The first-order valence-electron chi connectivity index (χ1n) is 6.54. The van der Waals surface area contributed by atoms with Crippen LogP contribution in [0.2, 0.25) is 0 Å². The Morgan fingerprint density at radius 3 is 2.53 bits per heavy atom. The largest absolute Gasteiger partial charge is 0.444 e. The van der Waals surface area contributed by atoms with Gasteiger partial charge in [-0.2, -0.15) is 0 Å². The number of rotatable bonds is 1. The van der Waals surface area contributed by atoms with Crippen LogP contribution in [0.4, 0.5) is 4.79 Å². The lowest BCUT2D eigenvalue weighted by Gasteiger charge is -2.39. The maximum atomic E-state index is 12.2. The van der Waals surface area contributed by atoms with Gasteiger partial charge in [-0.25, -0.2) is 4.79 Å². The third-order valence-electron chi connectivity index (χ3n) is 3.80. The van der Waals surface area contributed by atoms with Crippen LogP contribution < -0.4 is 0 Å². The lowest BCUT2D eigenvalue weighted by Crippen LogP contribution is -2.50. The lowest BCUT2D eigenvalue weighted by molar-refractivity contribution is -0.00717. The molecule has 2 saturated heterocycles. The summed E-state index contributed by atoms with van der Waals surface area (Å²) in [6, 6.07) is 0.520. The highest BCUT2D eigenvalue weighted by Crippen LogP contribution is 2.39. The molecule has 1 amide bonds. The summed E-state index contributed by atoms with van der Waals surface area (Å²) in [5.74, 6) is 0.237. The lowest BCUT2D eigenvalue weighted by atomic mass is 9.91. The van der Waals surface area contributed by atoms with Crippen molar-refractivity contribution in [2.75, 3.05) is 6.61 Å². The molecule has 0 spiro atoms. The topological polar surface area (TPSA) is 49.8 Å². The van der Waals surface area contributed by atoms with E-state index < -0.39 is 5.60 Å². The monoisotopic (exact) mass is 241 g/mol. The first-order chi connectivity index (χ1) is 7.92. The van der Waals surface area contributed by atoms with Crippen molar-refractivity contribution in [3.63, 3.8) is 0 Å². The van der Waals surface area contributed by atoms with Crippen LogP contribution in [0.15, 0.2) is 0 Å². The van der Waals surface area contributed by atoms with Crippen LogP contribution in [0.5, 0.6) is 0 Å². The minimum atomic E-state index is -0.442. The van der Waals surface area contributed by atoms with Gasteiger partial charge in [-0.1, -0.05) is 0 Å². The summed E-state index contributed by atoms with van der Waals surface area (Å²) in [5.41, 5.74) is -0.442. The van der Waals surface area contributed by atoms with Crippen molar-refractivity contribution in [2.45, 2.75) is 64.1 Å². The van der Waals surface area contributed by atoms with Crippen LogP contribution in [0.3, 0.4) is 0 Å². The number of piperidine rings is 1. The Kier molecular flexibility index (Phi) is 3.34. The van der Waals surface area contributed by atoms with Gasteiger partial charge in [0.15, 0.2) is 0 Å². The minimum absolute atomic E-state index is 0.177. The molecule has 2 aliphatic heterocycles. The predicted molar refractivity (Wildman–Crippen MR) is 64.7 cm³/mol. The number of fused-ring (bicyclic) bond motifs is 2. The molecule has 2 fully saturated rings. The number of hydrogen-bond donors (Lipinski definition) is 1. The van der Waals surface area contributed by atoms with E-state index in [0.29, 0.717) is 6.04 Å². The van der Waals surface area contributed by atoms with E-state index in [0.717, 1.165) is 25.7 Å². The van der Waals surface area contributed by atoms with E-state index in [1.807, 2.05) is 25.7 Å². The highest BCUT2D eigenvalue weighted by molar-refractivity contribution is 5.69. The molecular weight excluding hydrogens is 218 g/mol. The smallest absolute Gasteiger partial charge is 0.410 e. The molecule has 2 heterocycles. The fourth-order valence-corrected chi connectivity index (χ4v) is 3.07. The van der Waals surface area contributed by atoms with Crippen molar-refractivity contribution in [3.05, 3.63) is 0 Å². The highest BCUT2D eigenvalue weighted by Gasteiger charge is 2.45. The second-order valence-corrected chi connectivity index (χ2v) is 6.21. The molecule has 0 aromatic heterocycles. The number of hydrogen-bond acceptors (Lipinski definition) is 3. The summed E-state index contributed by atoms with van der Waals surface area (Å²) >= 11 is 0. The molecule has 3 atom stereocenters. The average molecular weight is 241 g/mol. The Hall–Kier alpha value is -0.770. The van der Waals surface area contributed by atoms with Gasteiger partial charge in [0.25, 0.3) is 0 Å². The van der Waals surface area contributed by atoms with E-state index in [4.69, 9.17) is 4.74 Å². The number of ether oxygens (including phenoxy) is 1. The van der Waals surface area contributed by atoms with Crippen LogP contribution >= 0.6 is 0 Å². The third kappa shape index (κ3) is 2.57. The van der Waals surface area contributed by atoms with E-state index in [9.17, 15) is 9.90 Å². The second-order valence-electron chi connectivity index (χ2n) is 6.21. The molecule has 2 rings (SSSR count). The minimum Gasteiger partial charge on any atom is -0.444 e. The molecule has 4 heteroatoms. The number of aliphatic hydroxyl groups is 1. The zero-order valence-corrected chi connectivity index (χ0v) is 11.0. The van der Waals surface area contributed by atoms with Gasteiger partial charge in [0.05, 0.1) is 0 Å². The van der Waals surface area contributed by atoms with E-state index >= 15 is 0 Å². The molecule has 4 nitrogen and oxygen atoms in total. The van der Waals surface area contributed by atoms with Crippen molar-refractivity contribution >= 4 is 6.09 Å². The molecule has 0 aromatic carbocycles. The Balaban J connectivity index is 2.07. The fraction of sp³-hybridized carbons (Fsp3) is 0.923. The summed E-state index contributed by atoms with van der Waals surface area (Å²) in [7, 11) is 0. The van der Waals surface area contributed by atoms with E-state index in [1.165, 1.54) is 0 Å². The fourth-order valence-electron chi connectivity index (χ4n) is 3.07. The first-order valence-corrected chi connectivity index (χ1v) is 6.54. The van der Waals surface area contributed by atoms with Gasteiger partial charge in [0.2, 0.25) is 0 Å². The molecule has 0 unspecified atom stereocenters. The second kappa shape index (κ2) is 4.48. The standard InChI is InChI=1S/C13H23NO3/c1-13(2,3)17-12(16)14-10-5-4-9(8-15)11(14)7-6-10/h9-11,15H,4-8H2,1-3H3/t9-,10-,11+/m0/s1. The number of carbonyl (C=O) groups is 1. The molecule has 0 aromatic rings. The van der Waals surface area contributed by atoms with Crippen LogP contribution in [0.1, 0.15) is 46.5 Å². The number of carbonyl (C=O) groups excluding carboxylic acids is 1. The van der Waals surface area contributed by atoms with E-state index in [-0.39, 0.29) is 24.7 Å². The summed E-state index contributed by atoms with van der Waals surface area (Å²) in [6.45, 7) is 5.84. The summed E-state index contributed by atoms with van der Waals surface area (Å²) in [6.07, 6.45) is 3.89. The van der Waals surface area contributed by atoms with Crippen molar-refractivity contribution in [1.82, 2.24) is 4.90 Å². The molecule has 0 saturated carbocycles. The third-order valence-corrected chi connectivity index (χ3v) is 3.80.